The second-order valence-electron chi connectivity index (χ2n) is 4.36. The second-order valence-corrected chi connectivity index (χ2v) is 4.36. The minimum Gasteiger partial charge on any atom is -0.497 e. The number of benzene rings is 1. The van der Waals surface area contributed by atoms with Crippen molar-refractivity contribution in [2.24, 2.45) is 0 Å². The largest absolute Gasteiger partial charge is 0.497 e. The molecular formula is C12H14N4O. The van der Waals surface area contributed by atoms with Crippen molar-refractivity contribution in [1.82, 2.24) is 15.2 Å². The van der Waals surface area contributed by atoms with E-state index in [-0.39, 0.29) is 5.41 Å². The molecule has 0 saturated heterocycles. The lowest BCUT2D eigenvalue weighted by atomic mass is 9.95. The minimum absolute atomic E-state index is 0.0425. The standard InChI is InChI=1S/C12H14N4O/c1-17-9-4-2-3-8(7-9)12(5-6-12)10-14-11(13)16-15-10/h2-4,7H,5-6H2,1H3,(H3,13,14,15,16). The Morgan fingerprint density at radius 2 is 2.24 bits per heavy atom. The zero-order valence-electron chi connectivity index (χ0n) is 9.60. The van der Waals surface area contributed by atoms with Gasteiger partial charge in [-0.3, -0.25) is 5.10 Å². The van der Waals surface area contributed by atoms with E-state index in [1.165, 1.54) is 5.56 Å². The van der Waals surface area contributed by atoms with Gasteiger partial charge in [-0.15, -0.1) is 5.10 Å². The van der Waals surface area contributed by atoms with Gasteiger partial charge in [0.05, 0.1) is 12.5 Å². The molecule has 3 N–H and O–H groups in total. The van der Waals surface area contributed by atoms with Crippen LogP contribution >= 0.6 is 0 Å². The molecule has 1 aromatic heterocycles. The van der Waals surface area contributed by atoms with Gasteiger partial charge in [0, 0.05) is 0 Å². The number of hydrogen-bond donors (Lipinski definition) is 2. The average molecular weight is 230 g/mol. The van der Waals surface area contributed by atoms with Gasteiger partial charge < -0.3 is 10.5 Å². The molecule has 1 saturated carbocycles. The van der Waals surface area contributed by atoms with Gasteiger partial charge in [0.2, 0.25) is 5.95 Å². The van der Waals surface area contributed by atoms with Crippen LogP contribution in [0.25, 0.3) is 0 Å². The summed E-state index contributed by atoms with van der Waals surface area (Å²) < 4.78 is 5.25. The van der Waals surface area contributed by atoms with Crippen LogP contribution in [0.15, 0.2) is 24.3 Å². The number of methoxy groups -OCH3 is 1. The van der Waals surface area contributed by atoms with Crippen LogP contribution in [0, 0.1) is 0 Å². The molecule has 5 nitrogen and oxygen atoms in total. The zero-order valence-corrected chi connectivity index (χ0v) is 9.60. The Morgan fingerprint density at radius 1 is 1.41 bits per heavy atom. The first-order chi connectivity index (χ1) is 8.24. The molecule has 1 aromatic carbocycles. The van der Waals surface area contributed by atoms with E-state index in [1.54, 1.807) is 7.11 Å². The number of nitrogens with one attached hydrogen (secondary N) is 1. The molecule has 0 spiro atoms. The maximum Gasteiger partial charge on any atom is 0.239 e. The molecule has 17 heavy (non-hydrogen) atoms. The van der Waals surface area contributed by atoms with Crippen LogP contribution in [0.5, 0.6) is 5.75 Å². The van der Waals surface area contributed by atoms with Gasteiger partial charge in [0.15, 0.2) is 0 Å². The number of rotatable bonds is 3. The lowest BCUT2D eigenvalue weighted by Gasteiger charge is -2.13. The number of nitrogens with two attached hydrogens (primary N) is 1. The Kier molecular flexibility index (Phi) is 2.07. The van der Waals surface area contributed by atoms with Gasteiger partial charge in [-0.2, -0.15) is 4.98 Å². The van der Waals surface area contributed by atoms with Crippen molar-refractivity contribution >= 4 is 5.95 Å². The molecule has 1 aliphatic carbocycles. The second kappa shape index (κ2) is 3.48. The summed E-state index contributed by atoms with van der Waals surface area (Å²) >= 11 is 0. The van der Waals surface area contributed by atoms with Gasteiger partial charge in [-0.1, -0.05) is 12.1 Å². The summed E-state index contributed by atoms with van der Waals surface area (Å²) in [6.45, 7) is 0. The third-order valence-corrected chi connectivity index (χ3v) is 3.33. The van der Waals surface area contributed by atoms with Crippen LogP contribution in [0.2, 0.25) is 0 Å². The highest BCUT2D eigenvalue weighted by Crippen LogP contribution is 2.52. The van der Waals surface area contributed by atoms with Gasteiger partial charge >= 0.3 is 0 Å². The van der Waals surface area contributed by atoms with Gasteiger partial charge in [0.25, 0.3) is 0 Å². The van der Waals surface area contributed by atoms with Crippen LogP contribution in [-0.4, -0.2) is 22.3 Å². The topological polar surface area (TPSA) is 76.8 Å². The lowest BCUT2D eigenvalue weighted by molar-refractivity contribution is 0.414. The fraction of sp³-hybridized carbons (Fsp3) is 0.333. The van der Waals surface area contributed by atoms with Gasteiger partial charge in [0.1, 0.15) is 11.6 Å². The van der Waals surface area contributed by atoms with Crippen molar-refractivity contribution in [2.45, 2.75) is 18.3 Å². The molecule has 5 heteroatoms. The summed E-state index contributed by atoms with van der Waals surface area (Å²) in [5, 5.41) is 6.82. The molecule has 88 valence electrons. The SMILES string of the molecule is COc1cccc(C2(c3nc(N)n[nH]3)CC2)c1. The normalized spacial score (nSPS) is 16.8. The van der Waals surface area contributed by atoms with Crippen LogP contribution in [0.4, 0.5) is 5.95 Å². The molecule has 0 bridgehead atoms. The Hall–Kier alpha value is -2.04. The summed E-state index contributed by atoms with van der Waals surface area (Å²) in [5.74, 6) is 2.01. The third-order valence-electron chi connectivity index (χ3n) is 3.33. The maximum absolute atomic E-state index is 5.56. The fourth-order valence-corrected chi connectivity index (χ4v) is 2.20. The first-order valence-electron chi connectivity index (χ1n) is 5.57. The van der Waals surface area contributed by atoms with Crippen LogP contribution < -0.4 is 10.5 Å². The molecule has 0 atom stereocenters. The van der Waals surface area contributed by atoms with E-state index in [1.807, 2.05) is 18.2 Å². The highest BCUT2D eigenvalue weighted by atomic mass is 16.5. The van der Waals surface area contributed by atoms with Crippen molar-refractivity contribution < 1.29 is 4.74 Å². The van der Waals surface area contributed by atoms with Gasteiger partial charge in [-0.05, 0) is 30.5 Å². The summed E-state index contributed by atoms with van der Waals surface area (Å²) in [7, 11) is 1.67. The van der Waals surface area contributed by atoms with Crippen LogP contribution in [0.1, 0.15) is 24.2 Å². The number of nitrogen functional groups attached to an aromatic ring is 1. The van der Waals surface area contributed by atoms with Crippen molar-refractivity contribution in [3.05, 3.63) is 35.7 Å². The van der Waals surface area contributed by atoms with Crippen molar-refractivity contribution in [2.75, 3.05) is 12.8 Å². The molecule has 1 aliphatic rings. The Labute approximate surface area is 99.0 Å². The highest BCUT2D eigenvalue weighted by Gasteiger charge is 2.49. The van der Waals surface area contributed by atoms with E-state index >= 15 is 0 Å². The number of nitrogens with zero attached hydrogens (tertiary/aromatic N) is 2. The fourth-order valence-electron chi connectivity index (χ4n) is 2.20. The number of ether oxygens (including phenoxy) is 1. The average Bonchev–Trinajstić information content (AvgIpc) is 3.07. The molecule has 2 aromatic rings. The smallest absolute Gasteiger partial charge is 0.239 e. The van der Waals surface area contributed by atoms with Crippen molar-refractivity contribution in [3.8, 4) is 5.75 Å². The van der Waals surface area contributed by atoms with Crippen molar-refractivity contribution in [3.63, 3.8) is 0 Å². The van der Waals surface area contributed by atoms with E-state index in [9.17, 15) is 0 Å². The monoisotopic (exact) mass is 230 g/mol. The Morgan fingerprint density at radius 3 is 2.82 bits per heavy atom. The number of H-pyrrole nitrogens is 1. The van der Waals surface area contributed by atoms with Crippen LogP contribution in [0.3, 0.4) is 0 Å². The van der Waals surface area contributed by atoms with E-state index in [4.69, 9.17) is 10.5 Å². The molecule has 0 aliphatic heterocycles. The van der Waals surface area contributed by atoms with E-state index in [0.29, 0.717) is 5.95 Å². The first-order valence-corrected chi connectivity index (χ1v) is 5.57. The summed E-state index contributed by atoms with van der Waals surface area (Å²) in [5.41, 5.74) is 6.72. The quantitative estimate of drug-likeness (QED) is 0.837. The van der Waals surface area contributed by atoms with E-state index in [2.05, 4.69) is 21.2 Å². The third kappa shape index (κ3) is 1.54. The Bertz CT molecular complexity index is 545. The molecule has 1 heterocycles. The summed E-state index contributed by atoms with van der Waals surface area (Å²) in [6, 6.07) is 8.07. The maximum atomic E-state index is 5.56. The molecule has 1 fully saturated rings. The number of aromatic nitrogens is 3. The number of anilines is 1. The van der Waals surface area contributed by atoms with Gasteiger partial charge in [-0.25, -0.2) is 0 Å². The molecule has 0 unspecified atom stereocenters. The first kappa shape index (κ1) is 10.1. The van der Waals surface area contributed by atoms with E-state index < -0.39 is 0 Å². The number of aromatic amines is 1. The predicted octanol–water partition coefficient (Wildman–Crippen LogP) is 1.48. The zero-order chi connectivity index (χ0) is 11.9. The number of hydrogen-bond acceptors (Lipinski definition) is 4. The molecule has 3 rings (SSSR count). The lowest BCUT2D eigenvalue weighted by Crippen LogP contribution is -2.11. The summed E-state index contributed by atoms with van der Waals surface area (Å²) in [4.78, 5) is 4.25. The van der Waals surface area contributed by atoms with Crippen molar-refractivity contribution in [1.29, 1.82) is 0 Å². The molecule has 0 amide bonds. The minimum atomic E-state index is -0.0425. The highest BCUT2D eigenvalue weighted by molar-refractivity contribution is 5.43. The van der Waals surface area contributed by atoms with E-state index in [0.717, 1.165) is 24.4 Å². The van der Waals surface area contributed by atoms with Crippen LogP contribution in [-0.2, 0) is 5.41 Å². The molecule has 0 radical (unpaired) electrons. The Balaban J connectivity index is 2.02. The summed E-state index contributed by atoms with van der Waals surface area (Å²) in [6.07, 6.45) is 2.13. The predicted molar refractivity (Wildman–Crippen MR) is 63.8 cm³/mol. The molecular weight excluding hydrogens is 216 g/mol.